The zero-order chi connectivity index (χ0) is 21.1. The lowest BCUT2D eigenvalue weighted by molar-refractivity contribution is -0.385. The van der Waals surface area contributed by atoms with Crippen LogP contribution in [0.25, 0.3) is 0 Å². The molecule has 0 aliphatic heterocycles. The summed E-state index contributed by atoms with van der Waals surface area (Å²) < 4.78 is 7.97. The van der Waals surface area contributed by atoms with Crippen LogP contribution >= 0.6 is 46.4 Å². The number of rotatable bonds is 5. The molecule has 0 heterocycles. The second-order valence-electron chi connectivity index (χ2n) is 5.44. The zero-order valence-electron chi connectivity index (χ0n) is 14.1. The molecule has 0 aliphatic rings. The number of carbonyl (C=O) groups excluding carboxylic acids is 1. The predicted octanol–water partition coefficient (Wildman–Crippen LogP) is 5.49. The topological polar surface area (TPSA) is 103 Å². The van der Waals surface area contributed by atoms with Crippen LogP contribution in [0.2, 0.25) is 5.02 Å². The van der Waals surface area contributed by atoms with Crippen LogP contribution in [0.15, 0.2) is 42.5 Å². The summed E-state index contributed by atoms with van der Waals surface area (Å²) in [5.41, 5.74) is 0.121. The lowest BCUT2D eigenvalue weighted by atomic mass is 9.98. The van der Waals surface area contributed by atoms with Gasteiger partial charge in [-0.15, -0.1) is 0 Å². The van der Waals surface area contributed by atoms with Crippen LogP contribution in [0.1, 0.15) is 27.6 Å². The van der Waals surface area contributed by atoms with Crippen molar-refractivity contribution in [3.63, 3.8) is 0 Å². The van der Waals surface area contributed by atoms with Gasteiger partial charge in [0.15, 0.2) is 6.10 Å². The number of ether oxygens (including phenoxy) is 2. The molecule has 0 saturated heterocycles. The van der Waals surface area contributed by atoms with Crippen LogP contribution in [0.5, 0.6) is 0 Å². The molecule has 2 aromatic carbocycles. The van der Waals surface area contributed by atoms with E-state index >= 15 is 0 Å². The van der Waals surface area contributed by atoms with Crippen molar-refractivity contribution in [2.24, 2.45) is 0 Å². The number of carbonyl (C=O) groups is 1. The monoisotopic (exact) mass is 464 g/mol. The van der Waals surface area contributed by atoms with Gasteiger partial charge in [-0.2, -0.15) is 0 Å². The van der Waals surface area contributed by atoms with E-state index in [4.69, 9.17) is 56.5 Å². The highest BCUT2D eigenvalue weighted by Gasteiger charge is 2.32. The maximum absolute atomic E-state index is 11.9. The fraction of sp³-hybridized carbons (Fsp3) is 0.176. The van der Waals surface area contributed by atoms with E-state index in [1.54, 1.807) is 18.2 Å². The van der Waals surface area contributed by atoms with Crippen molar-refractivity contribution < 1.29 is 19.2 Å². The predicted molar refractivity (Wildman–Crippen MR) is 107 cm³/mol. The summed E-state index contributed by atoms with van der Waals surface area (Å²) in [5.74, 6) is -1.50. The molecule has 7 nitrogen and oxygen atoms in total. The Bertz CT molecular complexity index is 930. The summed E-state index contributed by atoms with van der Waals surface area (Å²) >= 11 is 23.1. The smallest absolute Gasteiger partial charge is 0.338 e. The lowest BCUT2D eigenvalue weighted by Gasteiger charge is -2.23. The first-order chi connectivity index (χ1) is 13.0. The highest BCUT2D eigenvalue weighted by molar-refractivity contribution is 6.76. The molecule has 0 spiro atoms. The number of methoxy groups -OCH3 is 1. The van der Waals surface area contributed by atoms with Gasteiger partial charge in [-0.05, 0) is 23.8 Å². The van der Waals surface area contributed by atoms with Crippen molar-refractivity contribution in [2.45, 2.75) is 9.90 Å². The van der Waals surface area contributed by atoms with E-state index in [2.05, 4.69) is 4.74 Å². The minimum Gasteiger partial charge on any atom is -0.465 e. The van der Waals surface area contributed by atoms with Gasteiger partial charge in [0.05, 0.1) is 17.6 Å². The summed E-state index contributed by atoms with van der Waals surface area (Å²) in [5, 5.41) is 19.5. The molecule has 28 heavy (non-hydrogen) atoms. The van der Waals surface area contributed by atoms with Crippen molar-refractivity contribution in [2.75, 3.05) is 7.11 Å². The molecule has 0 amide bonds. The fourth-order valence-corrected chi connectivity index (χ4v) is 2.64. The molecule has 2 rings (SSSR count). The van der Waals surface area contributed by atoms with Gasteiger partial charge < -0.3 is 9.47 Å². The minimum absolute atomic E-state index is 0.0808. The summed E-state index contributed by atoms with van der Waals surface area (Å²) in [6.45, 7) is 0. The molecule has 0 aromatic heterocycles. The molecule has 0 aliphatic carbocycles. The number of nitrogens with one attached hydrogen (secondary N) is 1. The van der Waals surface area contributed by atoms with Crippen molar-refractivity contribution in [1.29, 1.82) is 5.41 Å². The summed E-state index contributed by atoms with van der Waals surface area (Å²) in [7, 11) is 1.14. The molecular formula is C17H12Cl4N2O5. The molecule has 148 valence electrons. The molecule has 0 bridgehead atoms. The quantitative estimate of drug-likeness (QED) is 0.157. The number of nitro benzene ring substituents is 1. The molecule has 1 N–H and O–H groups in total. The van der Waals surface area contributed by atoms with Gasteiger partial charge in [0.1, 0.15) is 0 Å². The van der Waals surface area contributed by atoms with Crippen molar-refractivity contribution in [3.05, 3.63) is 74.3 Å². The Kier molecular flexibility index (Phi) is 7.11. The van der Waals surface area contributed by atoms with E-state index in [9.17, 15) is 14.9 Å². The first kappa shape index (κ1) is 22.2. The third-order valence-electron chi connectivity index (χ3n) is 3.52. The van der Waals surface area contributed by atoms with E-state index in [0.29, 0.717) is 10.6 Å². The number of benzene rings is 2. The molecule has 0 radical (unpaired) electrons. The van der Waals surface area contributed by atoms with Crippen LogP contribution in [0, 0.1) is 15.5 Å². The van der Waals surface area contributed by atoms with Crippen LogP contribution in [0.3, 0.4) is 0 Å². The number of nitrogens with zero attached hydrogens (tertiary/aromatic N) is 1. The van der Waals surface area contributed by atoms with E-state index in [0.717, 1.165) is 13.2 Å². The number of hydrogen-bond acceptors (Lipinski definition) is 6. The van der Waals surface area contributed by atoms with Crippen LogP contribution < -0.4 is 0 Å². The van der Waals surface area contributed by atoms with E-state index in [-0.39, 0.29) is 16.8 Å². The Morgan fingerprint density at radius 2 is 1.86 bits per heavy atom. The van der Waals surface area contributed by atoms with Crippen LogP contribution in [-0.4, -0.2) is 27.7 Å². The standard InChI is InChI=1S/C17H12Cl4N2O5/c1-27-15(24)11-5-10(7-13(8-11)23(25)26)14(28-16(22)17(19,20)21)9-3-2-4-12(18)6-9/h2-8,14,22H,1H3. The van der Waals surface area contributed by atoms with Crippen molar-refractivity contribution in [1.82, 2.24) is 0 Å². The number of alkyl halides is 3. The molecule has 0 saturated carbocycles. The third-order valence-corrected chi connectivity index (χ3v) is 4.27. The van der Waals surface area contributed by atoms with Gasteiger partial charge in [-0.3, -0.25) is 15.5 Å². The Balaban J connectivity index is 2.65. The number of non-ortho nitro benzene ring substituents is 1. The Morgan fingerprint density at radius 3 is 2.39 bits per heavy atom. The summed E-state index contributed by atoms with van der Waals surface area (Å²) in [4.78, 5) is 22.5. The Morgan fingerprint density at radius 1 is 1.18 bits per heavy atom. The first-order valence-electron chi connectivity index (χ1n) is 7.48. The SMILES string of the molecule is COC(=O)c1cc(C(OC(=N)C(Cl)(Cl)Cl)c2cccc(Cl)c2)cc([N+](=O)[O-])c1. The Labute approximate surface area is 179 Å². The maximum Gasteiger partial charge on any atom is 0.338 e. The van der Waals surface area contributed by atoms with Crippen molar-refractivity contribution >= 4 is 64.0 Å². The lowest BCUT2D eigenvalue weighted by Crippen LogP contribution is -2.24. The molecular weight excluding hydrogens is 454 g/mol. The van der Waals surface area contributed by atoms with Crippen LogP contribution in [-0.2, 0) is 9.47 Å². The first-order valence-corrected chi connectivity index (χ1v) is 8.99. The molecule has 2 aromatic rings. The summed E-state index contributed by atoms with van der Waals surface area (Å²) in [6, 6.07) is 9.93. The second-order valence-corrected chi connectivity index (χ2v) is 8.16. The van der Waals surface area contributed by atoms with Gasteiger partial charge >= 0.3 is 5.97 Å². The van der Waals surface area contributed by atoms with Gasteiger partial charge in [0.2, 0.25) is 5.90 Å². The average Bonchev–Trinajstić information content (AvgIpc) is 2.63. The number of hydrogen-bond donors (Lipinski definition) is 1. The molecule has 11 heteroatoms. The highest BCUT2D eigenvalue weighted by atomic mass is 35.6. The van der Waals surface area contributed by atoms with E-state index in [1.165, 1.54) is 18.2 Å². The minimum atomic E-state index is -2.16. The molecule has 1 atom stereocenters. The van der Waals surface area contributed by atoms with Gasteiger partial charge in [0.25, 0.3) is 9.48 Å². The highest BCUT2D eigenvalue weighted by Crippen LogP contribution is 2.35. The maximum atomic E-state index is 11.9. The zero-order valence-corrected chi connectivity index (χ0v) is 17.1. The van der Waals surface area contributed by atoms with Crippen LogP contribution in [0.4, 0.5) is 5.69 Å². The van der Waals surface area contributed by atoms with E-state index in [1.807, 2.05) is 0 Å². The average molecular weight is 466 g/mol. The second kappa shape index (κ2) is 8.96. The van der Waals surface area contributed by atoms with Gasteiger partial charge in [0, 0.05) is 22.7 Å². The van der Waals surface area contributed by atoms with Gasteiger partial charge in [-0.25, -0.2) is 4.79 Å². The fourth-order valence-electron chi connectivity index (χ4n) is 2.31. The number of nitro groups is 1. The number of halogens is 4. The third kappa shape index (κ3) is 5.48. The van der Waals surface area contributed by atoms with Crippen molar-refractivity contribution in [3.8, 4) is 0 Å². The molecule has 1 unspecified atom stereocenters. The largest absolute Gasteiger partial charge is 0.465 e. The van der Waals surface area contributed by atoms with E-state index < -0.39 is 26.7 Å². The number of esters is 1. The molecule has 0 fully saturated rings. The van der Waals surface area contributed by atoms with Gasteiger partial charge in [-0.1, -0.05) is 58.5 Å². The Hall–Kier alpha value is -2.06. The normalized spacial score (nSPS) is 12.2. The summed E-state index contributed by atoms with van der Waals surface area (Å²) in [6.07, 6.45) is -1.12.